The van der Waals surface area contributed by atoms with E-state index in [-0.39, 0.29) is 30.4 Å². The van der Waals surface area contributed by atoms with Crippen LogP contribution in [0.5, 0.6) is 0 Å². The highest BCUT2D eigenvalue weighted by Crippen LogP contribution is 2.21. The zero-order valence-corrected chi connectivity index (χ0v) is 22.0. The fraction of sp³-hybridized carbons (Fsp3) is 0.300. The van der Waals surface area contributed by atoms with E-state index in [0.29, 0.717) is 35.4 Å². The van der Waals surface area contributed by atoms with Gasteiger partial charge in [-0.15, -0.1) is 0 Å². The van der Waals surface area contributed by atoms with E-state index in [4.69, 9.17) is 4.52 Å². The first-order valence-electron chi connectivity index (χ1n) is 13.1. The number of aryl methyl sites for hydroxylation is 1. The SMILES string of the molecule is Cc1cc(C(=O)N[C@@H](Cc2ccc(F)cc2)C(=O)N[C@H](/C=C(\C#N)c2ccccc2)C[C@@H]2CCCNC2=O)no1. The number of carbonyl (C=O) groups is 3. The van der Waals surface area contributed by atoms with Crippen molar-refractivity contribution in [3.05, 3.63) is 95.1 Å². The summed E-state index contributed by atoms with van der Waals surface area (Å²) in [6, 6.07) is 16.6. The van der Waals surface area contributed by atoms with Crippen molar-refractivity contribution >= 4 is 23.3 Å². The normalized spacial score (nSPS) is 16.8. The van der Waals surface area contributed by atoms with Crippen molar-refractivity contribution in [2.75, 3.05) is 6.54 Å². The van der Waals surface area contributed by atoms with Gasteiger partial charge >= 0.3 is 0 Å². The van der Waals surface area contributed by atoms with E-state index in [1.165, 1.54) is 30.3 Å². The lowest BCUT2D eigenvalue weighted by molar-refractivity contribution is -0.128. The van der Waals surface area contributed by atoms with Gasteiger partial charge in [0.15, 0.2) is 5.69 Å². The van der Waals surface area contributed by atoms with Gasteiger partial charge in [-0.25, -0.2) is 4.39 Å². The highest BCUT2D eigenvalue weighted by Gasteiger charge is 2.29. The van der Waals surface area contributed by atoms with Crippen LogP contribution in [0.2, 0.25) is 0 Å². The number of halogens is 1. The van der Waals surface area contributed by atoms with Gasteiger partial charge in [-0.3, -0.25) is 14.4 Å². The zero-order valence-electron chi connectivity index (χ0n) is 22.0. The van der Waals surface area contributed by atoms with Crippen LogP contribution in [0.1, 0.15) is 46.6 Å². The number of amides is 3. The van der Waals surface area contributed by atoms with Gasteiger partial charge in [-0.2, -0.15) is 5.26 Å². The molecule has 2 aromatic carbocycles. The summed E-state index contributed by atoms with van der Waals surface area (Å²) >= 11 is 0. The largest absolute Gasteiger partial charge is 0.361 e. The van der Waals surface area contributed by atoms with Gasteiger partial charge in [0.25, 0.3) is 5.91 Å². The second kappa shape index (κ2) is 13.3. The average Bonchev–Trinajstić information content (AvgIpc) is 3.40. The number of carbonyl (C=O) groups excluding carboxylic acids is 3. The molecule has 206 valence electrons. The number of allylic oxidation sites excluding steroid dienone is 1. The molecule has 9 nitrogen and oxygen atoms in total. The maximum atomic E-state index is 13.7. The first-order valence-corrected chi connectivity index (χ1v) is 13.1. The lowest BCUT2D eigenvalue weighted by Crippen LogP contribution is -2.51. The number of piperidine rings is 1. The molecule has 0 radical (unpaired) electrons. The molecule has 1 aliphatic heterocycles. The molecule has 1 aliphatic rings. The molecule has 1 saturated heterocycles. The Morgan fingerprint density at radius 1 is 1.20 bits per heavy atom. The molecule has 0 aliphatic carbocycles. The first kappa shape index (κ1) is 28.2. The molecule has 3 atom stereocenters. The number of benzene rings is 2. The summed E-state index contributed by atoms with van der Waals surface area (Å²) in [5, 5.41) is 22.1. The van der Waals surface area contributed by atoms with Crippen LogP contribution in [0, 0.1) is 30.0 Å². The predicted molar refractivity (Wildman–Crippen MR) is 145 cm³/mol. The second-order valence-electron chi connectivity index (χ2n) is 9.72. The molecule has 1 fully saturated rings. The zero-order chi connectivity index (χ0) is 28.5. The third-order valence-corrected chi connectivity index (χ3v) is 6.67. The minimum absolute atomic E-state index is 0.0144. The van der Waals surface area contributed by atoms with E-state index in [1.807, 2.05) is 18.2 Å². The van der Waals surface area contributed by atoms with E-state index in [2.05, 4.69) is 27.2 Å². The molecule has 2 heterocycles. The van der Waals surface area contributed by atoms with Crippen molar-refractivity contribution in [2.24, 2.45) is 5.92 Å². The third-order valence-electron chi connectivity index (χ3n) is 6.67. The van der Waals surface area contributed by atoms with Gasteiger partial charge in [-0.05, 0) is 55.5 Å². The van der Waals surface area contributed by atoms with Gasteiger partial charge in [0.2, 0.25) is 11.8 Å². The Bertz CT molecular complexity index is 1410. The van der Waals surface area contributed by atoms with E-state index >= 15 is 0 Å². The monoisotopic (exact) mass is 543 g/mol. The molecule has 0 unspecified atom stereocenters. The molecular formula is C30H30FN5O4. The average molecular weight is 544 g/mol. The fourth-order valence-corrected chi connectivity index (χ4v) is 4.61. The number of rotatable bonds is 10. The van der Waals surface area contributed by atoms with Crippen molar-refractivity contribution in [3.8, 4) is 6.07 Å². The summed E-state index contributed by atoms with van der Waals surface area (Å²) in [6.45, 7) is 2.24. The van der Waals surface area contributed by atoms with Crippen LogP contribution in [0.25, 0.3) is 5.57 Å². The van der Waals surface area contributed by atoms with Crippen LogP contribution < -0.4 is 16.0 Å². The summed E-state index contributed by atoms with van der Waals surface area (Å²) in [5.74, 6) is -1.58. The number of aromatic nitrogens is 1. The minimum atomic E-state index is -1.06. The number of hydrogen-bond donors (Lipinski definition) is 3. The van der Waals surface area contributed by atoms with Crippen molar-refractivity contribution in [1.29, 1.82) is 5.26 Å². The number of hydrogen-bond acceptors (Lipinski definition) is 6. The van der Waals surface area contributed by atoms with E-state index in [9.17, 15) is 24.0 Å². The first-order chi connectivity index (χ1) is 19.3. The number of nitrogens with zero attached hydrogens (tertiary/aromatic N) is 2. The van der Waals surface area contributed by atoms with Gasteiger partial charge in [0.05, 0.1) is 11.6 Å². The molecule has 0 saturated carbocycles. The van der Waals surface area contributed by atoms with Crippen molar-refractivity contribution in [3.63, 3.8) is 0 Å². The van der Waals surface area contributed by atoms with Crippen LogP contribution in [0.3, 0.4) is 0 Å². The van der Waals surface area contributed by atoms with Crippen molar-refractivity contribution in [2.45, 2.75) is 44.7 Å². The topological polar surface area (TPSA) is 137 Å². The maximum Gasteiger partial charge on any atom is 0.274 e. The standard InChI is InChI=1S/C30H30FN5O4/c1-19-14-27(36-40-19)30(39)35-26(15-20-9-11-24(31)12-10-20)29(38)34-25(16-22-8-5-13-33-28(22)37)17-23(18-32)21-6-3-2-4-7-21/h2-4,6-7,9-12,14,17,22,25-26H,5,8,13,15-16H2,1H3,(H,33,37)(H,34,38)(H,35,39)/b23-17+/t22-,25-,26-/m0/s1. The van der Waals surface area contributed by atoms with Gasteiger partial charge in [-0.1, -0.05) is 47.6 Å². The Labute approximate surface area is 231 Å². The summed E-state index contributed by atoms with van der Waals surface area (Å²) < 4.78 is 18.5. The molecule has 1 aromatic heterocycles. The molecule has 0 bridgehead atoms. The van der Waals surface area contributed by atoms with Crippen LogP contribution in [-0.4, -0.2) is 41.5 Å². The Hall–Kier alpha value is -4.78. The molecule has 3 amide bonds. The van der Waals surface area contributed by atoms with E-state index in [1.54, 1.807) is 25.1 Å². The van der Waals surface area contributed by atoms with Gasteiger partial charge in [0.1, 0.15) is 17.6 Å². The Kier molecular flexibility index (Phi) is 9.41. The Morgan fingerprint density at radius 2 is 1.95 bits per heavy atom. The molecule has 0 spiro atoms. The quantitative estimate of drug-likeness (QED) is 0.335. The van der Waals surface area contributed by atoms with Crippen LogP contribution in [0.15, 0.2) is 71.3 Å². The highest BCUT2D eigenvalue weighted by molar-refractivity contribution is 5.96. The maximum absolute atomic E-state index is 13.7. The molecule has 10 heteroatoms. The van der Waals surface area contributed by atoms with Crippen LogP contribution in [0.4, 0.5) is 4.39 Å². The van der Waals surface area contributed by atoms with E-state index < -0.39 is 29.7 Å². The van der Waals surface area contributed by atoms with Gasteiger partial charge in [0, 0.05) is 31.0 Å². The molecule has 3 N–H and O–H groups in total. The number of nitriles is 1. The van der Waals surface area contributed by atoms with E-state index in [0.717, 1.165) is 6.42 Å². The Balaban J connectivity index is 1.61. The lowest BCUT2D eigenvalue weighted by atomic mass is 9.90. The third kappa shape index (κ3) is 7.63. The van der Waals surface area contributed by atoms with Crippen LogP contribution >= 0.6 is 0 Å². The number of nitrogens with one attached hydrogen (secondary N) is 3. The summed E-state index contributed by atoms with van der Waals surface area (Å²) in [7, 11) is 0. The van der Waals surface area contributed by atoms with Gasteiger partial charge < -0.3 is 20.5 Å². The fourth-order valence-electron chi connectivity index (χ4n) is 4.61. The summed E-state index contributed by atoms with van der Waals surface area (Å²) in [5.41, 5.74) is 1.66. The molecule has 4 rings (SSSR count). The molecule has 40 heavy (non-hydrogen) atoms. The summed E-state index contributed by atoms with van der Waals surface area (Å²) in [6.07, 6.45) is 3.45. The predicted octanol–water partition coefficient (Wildman–Crippen LogP) is 3.47. The smallest absolute Gasteiger partial charge is 0.274 e. The lowest BCUT2D eigenvalue weighted by Gasteiger charge is -2.27. The molecular weight excluding hydrogens is 513 g/mol. The minimum Gasteiger partial charge on any atom is -0.361 e. The Morgan fingerprint density at radius 3 is 2.60 bits per heavy atom. The second-order valence-corrected chi connectivity index (χ2v) is 9.72. The molecule has 3 aromatic rings. The van der Waals surface area contributed by atoms with Crippen molar-refractivity contribution < 1.29 is 23.3 Å². The van der Waals surface area contributed by atoms with Crippen LogP contribution in [-0.2, 0) is 16.0 Å². The summed E-state index contributed by atoms with van der Waals surface area (Å²) in [4.78, 5) is 39.1. The highest BCUT2D eigenvalue weighted by atomic mass is 19.1. The van der Waals surface area contributed by atoms with Crippen molar-refractivity contribution in [1.82, 2.24) is 21.1 Å².